The second-order valence-electron chi connectivity index (χ2n) is 4.71. The first-order chi connectivity index (χ1) is 9.51. The number of carbonyl (C=O) groups excluding carboxylic acids is 1. The zero-order chi connectivity index (χ0) is 15.0. The minimum Gasteiger partial charge on any atom is -0.326 e. The summed E-state index contributed by atoms with van der Waals surface area (Å²) in [6, 6.07) is 8.13. The summed E-state index contributed by atoms with van der Waals surface area (Å²) >= 11 is 3.28. The number of amides is 1. The number of aliphatic imine (C=N–C) groups is 1. The van der Waals surface area contributed by atoms with Gasteiger partial charge in [0.05, 0.1) is 0 Å². The molecule has 1 N–H and O–H groups in total. The number of nitrogens with zero attached hydrogens (tertiary/aromatic N) is 1. The van der Waals surface area contributed by atoms with Gasteiger partial charge in [-0.2, -0.15) is 0 Å². The molecule has 0 bridgehead atoms. The van der Waals surface area contributed by atoms with Gasteiger partial charge in [-0.3, -0.25) is 9.79 Å². The Balaban J connectivity index is 2.34. The molecule has 5 heteroatoms. The van der Waals surface area contributed by atoms with E-state index in [2.05, 4.69) is 24.2 Å². The highest BCUT2D eigenvalue weighted by Crippen LogP contribution is 2.17. The number of hydrogen-bond donors (Lipinski definition) is 1. The Morgan fingerprint density at radius 3 is 2.50 bits per heavy atom. The third kappa shape index (κ3) is 7.01. The third-order valence-electron chi connectivity index (χ3n) is 2.43. The maximum absolute atomic E-state index is 11.8. The monoisotopic (exact) mass is 310 g/mol. The second kappa shape index (κ2) is 9.08. The van der Waals surface area contributed by atoms with Gasteiger partial charge in [0, 0.05) is 23.9 Å². The number of anilines is 1. The zero-order valence-electron chi connectivity index (χ0n) is 12.5. The summed E-state index contributed by atoms with van der Waals surface area (Å²) in [4.78, 5) is 16.3. The molecule has 0 aromatic heterocycles. The third-order valence-corrected chi connectivity index (χ3v) is 4.50. The van der Waals surface area contributed by atoms with Crippen molar-refractivity contribution in [2.75, 3.05) is 17.3 Å². The number of rotatable bonds is 5. The summed E-state index contributed by atoms with van der Waals surface area (Å²) < 4.78 is 1.04. The highest BCUT2D eigenvalue weighted by atomic mass is 32.2. The predicted molar refractivity (Wildman–Crippen MR) is 93.0 cm³/mol. The standard InChI is InChI=1S/C15H22N2OS2/c1-11(2)16-15(19-4)20-10-9-14(18)17-13-7-5-12(3)6-8-13/h5-8,11H,9-10H2,1-4H3,(H,17,18). The van der Waals surface area contributed by atoms with Crippen LogP contribution in [0.1, 0.15) is 25.8 Å². The lowest BCUT2D eigenvalue weighted by atomic mass is 10.2. The Morgan fingerprint density at radius 2 is 1.95 bits per heavy atom. The normalized spacial score (nSPS) is 11.8. The summed E-state index contributed by atoms with van der Waals surface area (Å²) in [5.74, 6) is 0.802. The van der Waals surface area contributed by atoms with E-state index in [0.29, 0.717) is 12.5 Å². The van der Waals surface area contributed by atoms with Crippen molar-refractivity contribution in [3.8, 4) is 0 Å². The Hall–Kier alpha value is -0.940. The molecular formula is C15H22N2OS2. The molecule has 0 spiro atoms. The van der Waals surface area contributed by atoms with Gasteiger partial charge in [-0.05, 0) is 39.2 Å². The number of benzene rings is 1. The molecule has 1 aromatic carbocycles. The number of thioether (sulfide) groups is 2. The molecule has 1 rings (SSSR count). The van der Waals surface area contributed by atoms with Gasteiger partial charge in [0.15, 0.2) is 0 Å². The molecule has 0 aliphatic carbocycles. The molecule has 0 radical (unpaired) electrons. The Bertz CT molecular complexity index is 455. The fourth-order valence-corrected chi connectivity index (χ4v) is 3.24. The van der Waals surface area contributed by atoms with Gasteiger partial charge in [-0.1, -0.05) is 29.5 Å². The summed E-state index contributed by atoms with van der Waals surface area (Å²) in [6.07, 6.45) is 2.51. The first kappa shape index (κ1) is 17.1. The quantitative estimate of drug-likeness (QED) is 0.655. The van der Waals surface area contributed by atoms with Gasteiger partial charge in [0.25, 0.3) is 0 Å². The van der Waals surface area contributed by atoms with E-state index < -0.39 is 0 Å². The van der Waals surface area contributed by atoms with Crippen LogP contribution in [0.15, 0.2) is 29.3 Å². The van der Waals surface area contributed by atoms with Crippen LogP contribution in [0.3, 0.4) is 0 Å². The molecule has 1 amide bonds. The molecule has 0 saturated carbocycles. The fourth-order valence-electron chi connectivity index (χ4n) is 1.45. The smallest absolute Gasteiger partial charge is 0.225 e. The van der Waals surface area contributed by atoms with Crippen molar-refractivity contribution in [2.24, 2.45) is 4.99 Å². The maximum Gasteiger partial charge on any atom is 0.225 e. The molecule has 3 nitrogen and oxygen atoms in total. The van der Waals surface area contributed by atoms with Gasteiger partial charge in [0.1, 0.15) is 4.38 Å². The molecule has 0 saturated heterocycles. The molecule has 0 fully saturated rings. The topological polar surface area (TPSA) is 41.5 Å². The average molecular weight is 310 g/mol. The van der Waals surface area contributed by atoms with E-state index in [1.807, 2.05) is 37.4 Å². The highest BCUT2D eigenvalue weighted by molar-refractivity contribution is 8.38. The first-order valence-corrected chi connectivity index (χ1v) is 8.83. The van der Waals surface area contributed by atoms with Crippen LogP contribution in [-0.4, -0.2) is 28.3 Å². The molecule has 110 valence electrons. The molecule has 0 aliphatic heterocycles. The molecule has 0 heterocycles. The van der Waals surface area contributed by atoms with Crippen LogP contribution in [0.4, 0.5) is 5.69 Å². The summed E-state index contributed by atoms with van der Waals surface area (Å²) in [5.41, 5.74) is 2.04. The van der Waals surface area contributed by atoms with E-state index >= 15 is 0 Å². The maximum atomic E-state index is 11.8. The highest BCUT2D eigenvalue weighted by Gasteiger charge is 2.05. The molecular weight excluding hydrogens is 288 g/mol. The lowest BCUT2D eigenvalue weighted by Gasteiger charge is -2.07. The van der Waals surface area contributed by atoms with Crippen molar-refractivity contribution in [3.63, 3.8) is 0 Å². The molecule has 20 heavy (non-hydrogen) atoms. The number of aryl methyl sites for hydroxylation is 1. The van der Waals surface area contributed by atoms with Crippen LogP contribution in [-0.2, 0) is 4.79 Å². The van der Waals surface area contributed by atoms with Gasteiger partial charge >= 0.3 is 0 Å². The summed E-state index contributed by atoms with van der Waals surface area (Å²) in [7, 11) is 0. The summed E-state index contributed by atoms with van der Waals surface area (Å²) in [6.45, 7) is 6.14. The predicted octanol–water partition coefficient (Wildman–Crippen LogP) is 4.18. The van der Waals surface area contributed by atoms with E-state index in [1.165, 1.54) is 5.56 Å². The van der Waals surface area contributed by atoms with Gasteiger partial charge in [0.2, 0.25) is 5.91 Å². The molecule has 1 aromatic rings. The van der Waals surface area contributed by atoms with Crippen LogP contribution >= 0.6 is 23.5 Å². The lowest BCUT2D eigenvalue weighted by Crippen LogP contribution is -2.12. The van der Waals surface area contributed by atoms with Crippen LogP contribution in [0, 0.1) is 6.92 Å². The van der Waals surface area contributed by atoms with Gasteiger partial charge in [-0.25, -0.2) is 0 Å². The lowest BCUT2D eigenvalue weighted by molar-refractivity contribution is -0.115. The Labute approximate surface area is 130 Å². The van der Waals surface area contributed by atoms with E-state index in [4.69, 9.17) is 0 Å². The summed E-state index contributed by atoms with van der Waals surface area (Å²) in [5, 5.41) is 2.90. The molecule has 0 aliphatic rings. The SMILES string of the molecule is CSC(=NC(C)C)SCCC(=O)Nc1ccc(C)cc1. The van der Waals surface area contributed by atoms with E-state index in [9.17, 15) is 4.79 Å². The van der Waals surface area contributed by atoms with Crippen molar-refractivity contribution >= 4 is 39.5 Å². The Morgan fingerprint density at radius 1 is 1.30 bits per heavy atom. The second-order valence-corrected chi connectivity index (χ2v) is 6.84. The van der Waals surface area contributed by atoms with E-state index in [0.717, 1.165) is 15.8 Å². The average Bonchev–Trinajstić information content (AvgIpc) is 2.40. The van der Waals surface area contributed by atoms with Crippen LogP contribution in [0.25, 0.3) is 0 Å². The molecule has 0 atom stereocenters. The fraction of sp³-hybridized carbons (Fsp3) is 0.467. The first-order valence-electron chi connectivity index (χ1n) is 6.62. The van der Waals surface area contributed by atoms with Gasteiger partial charge < -0.3 is 5.32 Å². The number of hydrogen-bond acceptors (Lipinski definition) is 4. The Kier molecular flexibility index (Phi) is 7.77. The minimum absolute atomic E-state index is 0.0475. The number of nitrogens with one attached hydrogen (secondary N) is 1. The van der Waals surface area contributed by atoms with Crippen molar-refractivity contribution in [3.05, 3.63) is 29.8 Å². The largest absolute Gasteiger partial charge is 0.326 e. The van der Waals surface area contributed by atoms with Crippen molar-refractivity contribution in [2.45, 2.75) is 33.2 Å². The van der Waals surface area contributed by atoms with E-state index in [-0.39, 0.29) is 5.91 Å². The van der Waals surface area contributed by atoms with Crippen LogP contribution in [0.5, 0.6) is 0 Å². The number of carbonyl (C=O) groups is 1. The van der Waals surface area contributed by atoms with E-state index in [1.54, 1.807) is 23.5 Å². The van der Waals surface area contributed by atoms with Crippen LogP contribution in [0.2, 0.25) is 0 Å². The van der Waals surface area contributed by atoms with Crippen molar-refractivity contribution in [1.82, 2.24) is 0 Å². The molecule has 0 unspecified atom stereocenters. The van der Waals surface area contributed by atoms with Gasteiger partial charge in [-0.15, -0.1) is 11.8 Å². The zero-order valence-corrected chi connectivity index (χ0v) is 14.1. The van der Waals surface area contributed by atoms with Crippen molar-refractivity contribution in [1.29, 1.82) is 0 Å². The van der Waals surface area contributed by atoms with Crippen LogP contribution < -0.4 is 5.32 Å². The van der Waals surface area contributed by atoms with Crippen molar-refractivity contribution < 1.29 is 4.79 Å². The minimum atomic E-state index is 0.0475.